The van der Waals surface area contributed by atoms with Crippen LogP contribution in [0.15, 0.2) is 42.5 Å². The number of ketones is 1. The van der Waals surface area contributed by atoms with Crippen LogP contribution < -0.4 is 4.74 Å². The highest BCUT2D eigenvalue weighted by molar-refractivity contribution is 6.12. The Hall–Kier alpha value is -2.13. The number of rotatable bonds is 2. The Kier molecular flexibility index (Phi) is 3.28. The summed E-state index contributed by atoms with van der Waals surface area (Å²) in [6.07, 6.45) is 0. The third kappa shape index (κ3) is 2.10. The number of carbonyl (C=O) groups excluding carboxylic acids is 1. The highest BCUT2D eigenvalue weighted by Gasteiger charge is 2.22. The maximum atomic E-state index is 12.5. The number of fused-ring (bicyclic) bond motifs is 2. The van der Waals surface area contributed by atoms with Crippen molar-refractivity contribution in [1.82, 2.24) is 0 Å². The molecule has 0 radical (unpaired) electrons. The molecule has 0 spiro atoms. The second-order valence-corrected chi connectivity index (χ2v) is 5.11. The lowest BCUT2D eigenvalue weighted by atomic mass is 9.95. The molecule has 1 aliphatic rings. The number of aliphatic hydroxyl groups is 1. The minimum absolute atomic E-state index is 0.00342. The summed E-state index contributed by atoms with van der Waals surface area (Å²) in [4.78, 5) is 12.5. The molecule has 0 amide bonds. The van der Waals surface area contributed by atoms with Crippen LogP contribution in [0.25, 0.3) is 0 Å². The zero-order valence-electron chi connectivity index (χ0n) is 11.3. The van der Waals surface area contributed by atoms with E-state index in [9.17, 15) is 9.90 Å². The number of carbonyl (C=O) groups is 1. The summed E-state index contributed by atoms with van der Waals surface area (Å²) in [6.45, 7) is 2.41. The van der Waals surface area contributed by atoms with Crippen LogP contribution >= 0.6 is 0 Å². The molecular formula is C17H16O3. The first-order valence-electron chi connectivity index (χ1n) is 6.71. The van der Waals surface area contributed by atoms with Crippen molar-refractivity contribution in [2.45, 2.75) is 19.4 Å². The quantitative estimate of drug-likeness (QED) is 0.911. The van der Waals surface area contributed by atoms with Gasteiger partial charge in [-0.3, -0.25) is 4.79 Å². The van der Waals surface area contributed by atoms with E-state index in [4.69, 9.17) is 4.74 Å². The normalized spacial score (nSPS) is 14.8. The van der Waals surface area contributed by atoms with Gasteiger partial charge in [-0.15, -0.1) is 0 Å². The van der Waals surface area contributed by atoms with E-state index in [1.165, 1.54) is 0 Å². The van der Waals surface area contributed by atoms with E-state index >= 15 is 0 Å². The van der Waals surface area contributed by atoms with Crippen LogP contribution in [0.3, 0.4) is 0 Å². The van der Waals surface area contributed by atoms with Crippen LogP contribution in [0.1, 0.15) is 39.9 Å². The zero-order valence-corrected chi connectivity index (χ0v) is 11.3. The topological polar surface area (TPSA) is 46.5 Å². The van der Waals surface area contributed by atoms with E-state index in [-0.39, 0.29) is 18.3 Å². The molecule has 102 valence electrons. The molecular weight excluding hydrogens is 252 g/mol. The van der Waals surface area contributed by atoms with Gasteiger partial charge in [0.05, 0.1) is 5.56 Å². The van der Waals surface area contributed by atoms with Gasteiger partial charge < -0.3 is 9.84 Å². The molecule has 3 heteroatoms. The smallest absolute Gasteiger partial charge is 0.197 e. The molecule has 0 aliphatic carbocycles. The maximum absolute atomic E-state index is 12.5. The molecule has 20 heavy (non-hydrogen) atoms. The first-order chi connectivity index (χ1) is 9.70. The standard InChI is InChI=1S/C17H16O3/c1-11(9-18)12-6-7-15-16(8-12)20-10-13-4-2-3-5-14(13)17(15)19/h2-8,11,18H,9-10H2,1H3. The second-order valence-electron chi connectivity index (χ2n) is 5.11. The molecule has 0 saturated heterocycles. The highest BCUT2D eigenvalue weighted by atomic mass is 16.5. The number of hydrogen-bond acceptors (Lipinski definition) is 3. The fraction of sp³-hybridized carbons (Fsp3) is 0.235. The molecule has 1 atom stereocenters. The van der Waals surface area contributed by atoms with E-state index in [0.29, 0.717) is 23.5 Å². The van der Waals surface area contributed by atoms with Crippen LogP contribution in [0, 0.1) is 0 Å². The van der Waals surface area contributed by atoms with Gasteiger partial charge in [-0.2, -0.15) is 0 Å². The minimum atomic E-state index is -0.00342. The largest absolute Gasteiger partial charge is 0.488 e. The Morgan fingerprint density at radius 1 is 1.20 bits per heavy atom. The van der Waals surface area contributed by atoms with E-state index in [1.807, 2.05) is 43.3 Å². The van der Waals surface area contributed by atoms with Gasteiger partial charge in [0, 0.05) is 23.7 Å². The molecule has 1 unspecified atom stereocenters. The van der Waals surface area contributed by atoms with E-state index < -0.39 is 0 Å². The average molecular weight is 268 g/mol. The van der Waals surface area contributed by atoms with Crippen LogP contribution in [0.2, 0.25) is 0 Å². The molecule has 1 heterocycles. The molecule has 2 aromatic carbocycles. The molecule has 2 aromatic rings. The predicted octanol–water partition coefficient (Wildman–Crippen LogP) is 2.91. The zero-order chi connectivity index (χ0) is 14.1. The van der Waals surface area contributed by atoms with Gasteiger partial charge in [0.1, 0.15) is 12.4 Å². The summed E-state index contributed by atoms with van der Waals surface area (Å²) in [7, 11) is 0. The molecule has 1 N–H and O–H groups in total. The van der Waals surface area contributed by atoms with E-state index in [1.54, 1.807) is 6.07 Å². The minimum Gasteiger partial charge on any atom is -0.488 e. The third-order valence-corrected chi connectivity index (χ3v) is 3.74. The number of ether oxygens (including phenoxy) is 1. The molecule has 0 fully saturated rings. The summed E-state index contributed by atoms with van der Waals surface area (Å²) in [5.74, 6) is 0.630. The van der Waals surface area contributed by atoms with Crippen molar-refractivity contribution >= 4 is 5.78 Å². The molecule has 3 nitrogen and oxygen atoms in total. The van der Waals surface area contributed by atoms with Crippen LogP contribution in [-0.2, 0) is 6.61 Å². The van der Waals surface area contributed by atoms with Gasteiger partial charge >= 0.3 is 0 Å². The van der Waals surface area contributed by atoms with Crippen LogP contribution in [-0.4, -0.2) is 17.5 Å². The predicted molar refractivity (Wildman–Crippen MR) is 76.1 cm³/mol. The van der Waals surface area contributed by atoms with Gasteiger partial charge in [0.25, 0.3) is 0 Å². The lowest BCUT2D eigenvalue weighted by molar-refractivity contribution is 0.103. The molecule has 0 aromatic heterocycles. The summed E-state index contributed by atoms with van der Waals surface area (Å²) < 4.78 is 5.78. The van der Waals surface area contributed by atoms with E-state index in [0.717, 1.165) is 11.1 Å². The Labute approximate surface area is 117 Å². The number of aliphatic hydroxyl groups excluding tert-OH is 1. The molecule has 3 rings (SSSR count). The first kappa shape index (κ1) is 12.9. The van der Waals surface area contributed by atoms with Crippen molar-refractivity contribution in [3.8, 4) is 5.75 Å². The van der Waals surface area contributed by atoms with Gasteiger partial charge in [-0.1, -0.05) is 37.3 Å². The monoisotopic (exact) mass is 268 g/mol. The number of hydrogen-bond donors (Lipinski definition) is 1. The number of benzene rings is 2. The highest BCUT2D eigenvalue weighted by Crippen LogP contribution is 2.31. The van der Waals surface area contributed by atoms with Crippen LogP contribution in [0.5, 0.6) is 5.75 Å². The Morgan fingerprint density at radius 2 is 2.00 bits per heavy atom. The van der Waals surface area contributed by atoms with Crippen molar-refractivity contribution in [2.24, 2.45) is 0 Å². The van der Waals surface area contributed by atoms with Crippen molar-refractivity contribution in [2.75, 3.05) is 6.61 Å². The van der Waals surface area contributed by atoms with Crippen molar-refractivity contribution in [3.63, 3.8) is 0 Å². The Balaban J connectivity index is 2.07. The van der Waals surface area contributed by atoms with Crippen LogP contribution in [0.4, 0.5) is 0 Å². The van der Waals surface area contributed by atoms with Crippen molar-refractivity contribution < 1.29 is 14.6 Å². The molecule has 1 aliphatic heterocycles. The van der Waals surface area contributed by atoms with Gasteiger partial charge in [-0.25, -0.2) is 0 Å². The van der Waals surface area contributed by atoms with E-state index in [2.05, 4.69) is 0 Å². The summed E-state index contributed by atoms with van der Waals surface area (Å²) in [6, 6.07) is 13.1. The van der Waals surface area contributed by atoms with Gasteiger partial charge in [0.15, 0.2) is 5.78 Å². The maximum Gasteiger partial charge on any atom is 0.197 e. The second kappa shape index (κ2) is 5.10. The Morgan fingerprint density at radius 3 is 2.80 bits per heavy atom. The fourth-order valence-corrected chi connectivity index (χ4v) is 2.43. The fourth-order valence-electron chi connectivity index (χ4n) is 2.43. The average Bonchev–Trinajstić information content (AvgIpc) is 2.64. The Bertz CT molecular complexity index is 661. The van der Waals surface area contributed by atoms with Crippen molar-refractivity contribution in [3.05, 3.63) is 64.7 Å². The lowest BCUT2D eigenvalue weighted by Gasteiger charge is -2.12. The molecule has 0 saturated carbocycles. The molecule has 0 bridgehead atoms. The first-order valence-corrected chi connectivity index (χ1v) is 6.71. The van der Waals surface area contributed by atoms with Gasteiger partial charge in [-0.05, 0) is 17.7 Å². The third-order valence-electron chi connectivity index (χ3n) is 3.74. The SMILES string of the molecule is CC(CO)c1ccc2c(c1)OCc1ccccc1C2=O. The van der Waals surface area contributed by atoms with Crippen molar-refractivity contribution in [1.29, 1.82) is 0 Å². The van der Waals surface area contributed by atoms with Gasteiger partial charge in [0.2, 0.25) is 0 Å². The summed E-state index contributed by atoms with van der Waals surface area (Å²) in [5, 5.41) is 9.23. The lowest BCUT2D eigenvalue weighted by Crippen LogP contribution is -2.04. The summed E-state index contributed by atoms with van der Waals surface area (Å²) in [5.41, 5.74) is 3.17. The summed E-state index contributed by atoms with van der Waals surface area (Å²) >= 11 is 0.